The third-order valence-corrected chi connectivity index (χ3v) is 1.36. The number of rotatable bonds is 4. The SMILES string of the molecule is CC(=O)CCC(C)(O)CO. The van der Waals surface area contributed by atoms with Gasteiger partial charge in [0.1, 0.15) is 5.78 Å². The Morgan fingerprint density at radius 1 is 1.60 bits per heavy atom. The molecule has 0 fully saturated rings. The maximum atomic E-state index is 10.4. The molecule has 0 heterocycles. The summed E-state index contributed by atoms with van der Waals surface area (Å²) in [5.41, 5.74) is -1.09. The topological polar surface area (TPSA) is 57.5 Å². The van der Waals surface area contributed by atoms with Gasteiger partial charge in [0.05, 0.1) is 12.2 Å². The second-order valence-electron chi connectivity index (χ2n) is 2.86. The van der Waals surface area contributed by atoms with Crippen molar-refractivity contribution < 1.29 is 15.0 Å². The molecule has 0 bridgehead atoms. The molecule has 0 spiro atoms. The molecule has 0 aromatic heterocycles. The van der Waals surface area contributed by atoms with E-state index < -0.39 is 5.60 Å². The van der Waals surface area contributed by atoms with Gasteiger partial charge in [0.15, 0.2) is 0 Å². The number of carbonyl (C=O) groups is 1. The summed E-state index contributed by atoms with van der Waals surface area (Å²) in [6.45, 7) is 2.68. The Balaban J connectivity index is 3.56. The first-order valence-electron chi connectivity index (χ1n) is 3.30. The fourth-order valence-corrected chi connectivity index (χ4v) is 0.524. The fourth-order valence-electron chi connectivity index (χ4n) is 0.524. The van der Waals surface area contributed by atoms with E-state index in [0.717, 1.165) is 0 Å². The second kappa shape index (κ2) is 3.68. The van der Waals surface area contributed by atoms with E-state index in [1.165, 1.54) is 13.8 Å². The quantitative estimate of drug-likeness (QED) is 0.591. The van der Waals surface area contributed by atoms with E-state index in [4.69, 9.17) is 10.2 Å². The van der Waals surface area contributed by atoms with Gasteiger partial charge in [-0.1, -0.05) is 0 Å². The Hall–Kier alpha value is -0.410. The Bertz CT molecular complexity index is 118. The first kappa shape index (κ1) is 9.59. The molecule has 0 aliphatic rings. The number of carbonyl (C=O) groups excluding carboxylic acids is 1. The predicted octanol–water partition coefficient (Wildman–Crippen LogP) is 0.0989. The molecule has 2 N–H and O–H groups in total. The molecule has 0 amide bonds. The standard InChI is InChI=1S/C7H14O3/c1-6(9)3-4-7(2,10)5-8/h8,10H,3-5H2,1-2H3. The molecular formula is C7H14O3. The minimum absolute atomic E-state index is 0.0359. The molecule has 0 aliphatic heterocycles. The summed E-state index contributed by atoms with van der Waals surface area (Å²) < 4.78 is 0. The van der Waals surface area contributed by atoms with E-state index in [1.54, 1.807) is 0 Å². The first-order valence-corrected chi connectivity index (χ1v) is 3.30. The normalized spacial score (nSPS) is 16.4. The van der Waals surface area contributed by atoms with Crippen molar-refractivity contribution in [3.05, 3.63) is 0 Å². The number of Topliss-reactive ketones (excluding diaryl/α,β-unsaturated/α-hetero) is 1. The molecule has 0 aromatic carbocycles. The molecule has 0 aromatic rings. The second-order valence-corrected chi connectivity index (χ2v) is 2.86. The lowest BCUT2D eigenvalue weighted by atomic mass is 10.0. The van der Waals surface area contributed by atoms with Gasteiger partial charge in [-0.3, -0.25) is 0 Å². The van der Waals surface area contributed by atoms with Gasteiger partial charge in [0, 0.05) is 6.42 Å². The van der Waals surface area contributed by atoms with Gasteiger partial charge in [-0.05, 0) is 20.3 Å². The Labute approximate surface area is 60.7 Å². The maximum absolute atomic E-state index is 10.4. The number of hydrogen-bond donors (Lipinski definition) is 2. The van der Waals surface area contributed by atoms with E-state index >= 15 is 0 Å². The van der Waals surface area contributed by atoms with Crippen LogP contribution in [0.15, 0.2) is 0 Å². The monoisotopic (exact) mass is 146 g/mol. The van der Waals surface area contributed by atoms with Crippen LogP contribution in [-0.2, 0) is 4.79 Å². The summed E-state index contributed by atoms with van der Waals surface area (Å²) in [6, 6.07) is 0. The van der Waals surface area contributed by atoms with Crippen LogP contribution in [0, 0.1) is 0 Å². The summed E-state index contributed by atoms with van der Waals surface area (Å²) in [5.74, 6) is 0.0359. The van der Waals surface area contributed by atoms with Crippen molar-refractivity contribution in [2.75, 3.05) is 6.61 Å². The van der Waals surface area contributed by atoms with Crippen LogP contribution in [0.5, 0.6) is 0 Å². The summed E-state index contributed by atoms with van der Waals surface area (Å²) in [6.07, 6.45) is 0.659. The minimum atomic E-state index is -1.09. The smallest absolute Gasteiger partial charge is 0.129 e. The highest BCUT2D eigenvalue weighted by atomic mass is 16.3. The van der Waals surface area contributed by atoms with Crippen LogP contribution in [0.25, 0.3) is 0 Å². The van der Waals surface area contributed by atoms with Crippen molar-refractivity contribution in [1.29, 1.82) is 0 Å². The lowest BCUT2D eigenvalue weighted by Crippen LogP contribution is -2.29. The van der Waals surface area contributed by atoms with Gasteiger partial charge in [-0.15, -0.1) is 0 Å². The van der Waals surface area contributed by atoms with Crippen LogP contribution in [0.2, 0.25) is 0 Å². The van der Waals surface area contributed by atoms with Crippen LogP contribution in [0.1, 0.15) is 26.7 Å². The van der Waals surface area contributed by atoms with E-state index in [-0.39, 0.29) is 12.4 Å². The third kappa shape index (κ3) is 4.47. The fraction of sp³-hybridized carbons (Fsp3) is 0.857. The molecule has 0 saturated heterocycles. The average Bonchev–Trinajstić information content (AvgIpc) is 1.85. The van der Waals surface area contributed by atoms with Gasteiger partial charge in [0.25, 0.3) is 0 Å². The van der Waals surface area contributed by atoms with Crippen molar-refractivity contribution in [3.8, 4) is 0 Å². The molecule has 1 unspecified atom stereocenters. The molecule has 60 valence electrons. The van der Waals surface area contributed by atoms with Crippen LogP contribution in [-0.4, -0.2) is 28.2 Å². The highest BCUT2D eigenvalue weighted by Crippen LogP contribution is 2.10. The summed E-state index contributed by atoms with van der Waals surface area (Å²) >= 11 is 0. The van der Waals surface area contributed by atoms with Crippen LogP contribution in [0.3, 0.4) is 0 Å². The van der Waals surface area contributed by atoms with Gasteiger partial charge in [-0.25, -0.2) is 0 Å². The minimum Gasteiger partial charge on any atom is -0.393 e. The number of aliphatic hydroxyl groups excluding tert-OH is 1. The van der Waals surface area contributed by atoms with E-state index in [0.29, 0.717) is 12.8 Å². The van der Waals surface area contributed by atoms with E-state index in [2.05, 4.69) is 0 Å². The molecule has 3 nitrogen and oxygen atoms in total. The zero-order chi connectivity index (χ0) is 8.20. The Kier molecular flexibility index (Phi) is 3.53. The largest absolute Gasteiger partial charge is 0.393 e. The predicted molar refractivity (Wildman–Crippen MR) is 37.6 cm³/mol. The van der Waals surface area contributed by atoms with Gasteiger partial charge < -0.3 is 15.0 Å². The zero-order valence-corrected chi connectivity index (χ0v) is 6.42. The number of ketones is 1. The summed E-state index contributed by atoms with van der Waals surface area (Å²) in [4.78, 5) is 10.4. The zero-order valence-electron chi connectivity index (χ0n) is 6.42. The lowest BCUT2D eigenvalue weighted by Gasteiger charge is -2.18. The number of hydrogen-bond acceptors (Lipinski definition) is 3. The Morgan fingerprint density at radius 3 is 2.40 bits per heavy atom. The maximum Gasteiger partial charge on any atom is 0.129 e. The molecule has 10 heavy (non-hydrogen) atoms. The molecule has 0 aliphatic carbocycles. The van der Waals surface area contributed by atoms with Gasteiger partial charge in [-0.2, -0.15) is 0 Å². The molecule has 0 rings (SSSR count). The average molecular weight is 146 g/mol. The van der Waals surface area contributed by atoms with Crippen LogP contribution >= 0.6 is 0 Å². The lowest BCUT2D eigenvalue weighted by molar-refractivity contribution is -0.118. The van der Waals surface area contributed by atoms with Crippen molar-refractivity contribution >= 4 is 5.78 Å². The summed E-state index contributed by atoms with van der Waals surface area (Å²) in [7, 11) is 0. The van der Waals surface area contributed by atoms with Gasteiger partial charge in [0.2, 0.25) is 0 Å². The molecule has 1 atom stereocenters. The molecular weight excluding hydrogens is 132 g/mol. The Morgan fingerprint density at radius 2 is 2.10 bits per heavy atom. The summed E-state index contributed by atoms with van der Waals surface area (Å²) in [5, 5.41) is 17.7. The van der Waals surface area contributed by atoms with Crippen LogP contribution < -0.4 is 0 Å². The van der Waals surface area contributed by atoms with Gasteiger partial charge >= 0.3 is 0 Å². The van der Waals surface area contributed by atoms with Crippen molar-refractivity contribution in [2.24, 2.45) is 0 Å². The van der Waals surface area contributed by atoms with E-state index in [1.807, 2.05) is 0 Å². The molecule has 0 saturated carbocycles. The molecule has 0 radical (unpaired) electrons. The molecule has 3 heteroatoms. The number of aliphatic hydroxyl groups is 2. The van der Waals surface area contributed by atoms with Crippen molar-refractivity contribution in [3.63, 3.8) is 0 Å². The third-order valence-electron chi connectivity index (χ3n) is 1.36. The van der Waals surface area contributed by atoms with Crippen molar-refractivity contribution in [1.82, 2.24) is 0 Å². The van der Waals surface area contributed by atoms with Crippen molar-refractivity contribution in [2.45, 2.75) is 32.3 Å². The first-order chi connectivity index (χ1) is 4.48. The van der Waals surface area contributed by atoms with E-state index in [9.17, 15) is 4.79 Å². The highest BCUT2D eigenvalue weighted by Gasteiger charge is 2.18. The highest BCUT2D eigenvalue weighted by molar-refractivity contribution is 5.75. The van der Waals surface area contributed by atoms with Crippen LogP contribution in [0.4, 0.5) is 0 Å².